The van der Waals surface area contributed by atoms with E-state index in [1.165, 1.54) is 12.1 Å². The van der Waals surface area contributed by atoms with Crippen molar-refractivity contribution in [3.8, 4) is 22.6 Å². The Hall–Kier alpha value is -2.73. The van der Waals surface area contributed by atoms with Crippen molar-refractivity contribution in [1.82, 2.24) is 5.32 Å². The number of amides is 1. The summed E-state index contributed by atoms with van der Waals surface area (Å²) in [5, 5.41) is 12.8. The fraction of sp³-hybridized carbons (Fsp3) is 0.158. The van der Waals surface area contributed by atoms with Gasteiger partial charge < -0.3 is 15.2 Å². The number of hydrogen-bond acceptors (Lipinski definition) is 5. The van der Waals surface area contributed by atoms with Gasteiger partial charge in [-0.1, -0.05) is 24.0 Å². The molecule has 0 atom stereocenters. The van der Waals surface area contributed by atoms with Crippen LogP contribution in [-0.4, -0.2) is 22.4 Å². The maximum Gasteiger partial charge on any atom is 0.416 e. The Bertz CT molecular complexity index is 1080. The van der Waals surface area contributed by atoms with Gasteiger partial charge in [-0.05, 0) is 47.5 Å². The van der Waals surface area contributed by atoms with E-state index in [9.17, 15) is 36.2 Å². The molecular weight excluding hydrogens is 468 g/mol. The summed E-state index contributed by atoms with van der Waals surface area (Å²) in [6.07, 6.45) is -8.78. The van der Waals surface area contributed by atoms with Gasteiger partial charge in [0.2, 0.25) is 0 Å². The number of aromatic hydroxyl groups is 1. The van der Waals surface area contributed by atoms with E-state index in [-0.39, 0.29) is 32.2 Å². The van der Waals surface area contributed by atoms with E-state index < -0.39 is 40.7 Å². The van der Waals surface area contributed by atoms with Gasteiger partial charge in [0.05, 0.1) is 23.1 Å². The van der Waals surface area contributed by atoms with E-state index in [2.05, 4.69) is 5.32 Å². The molecule has 0 radical (unpaired) electrons. The van der Waals surface area contributed by atoms with Gasteiger partial charge >= 0.3 is 12.4 Å². The molecule has 3 rings (SSSR count). The molecule has 1 aliphatic rings. The van der Waals surface area contributed by atoms with Crippen LogP contribution in [-0.2, 0) is 17.1 Å². The van der Waals surface area contributed by atoms with Crippen LogP contribution < -0.4 is 10.1 Å². The van der Waals surface area contributed by atoms with Crippen LogP contribution in [0.15, 0.2) is 35.2 Å². The predicted octanol–water partition coefficient (Wildman–Crippen LogP) is 5.59. The van der Waals surface area contributed by atoms with Gasteiger partial charge in [0.25, 0.3) is 5.91 Å². The van der Waals surface area contributed by atoms with Crippen LogP contribution in [0, 0.1) is 0 Å². The first-order chi connectivity index (χ1) is 14.3. The van der Waals surface area contributed by atoms with Gasteiger partial charge in [-0.3, -0.25) is 4.79 Å². The number of benzene rings is 2. The highest BCUT2D eigenvalue weighted by Crippen LogP contribution is 2.44. The summed E-state index contributed by atoms with van der Waals surface area (Å²) < 4.78 is 84.4. The Kier molecular flexibility index (Phi) is 5.98. The first kappa shape index (κ1) is 22.9. The Morgan fingerprint density at radius 3 is 2.06 bits per heavy atom. The summed E-state index contributed by atoms with van der Waals surface area (Å²) in [5.74, 6) is -1.38. The number of carbonyl (C=O) groups excluding carboxylic acids is 1. The van der Waals surface area contributed by atoms with Crippen LogP contribution in [0.25, 0.3) is 17.2 Å². The van der Waals surface area contributed by atoms with E-state index in [0.29, 0.717) is 12.1 Å². The molecule has 2 aromatic carbocycles. The zero-order valence-corrected chi connectivity index (χ0v) is 16.9. The van der Waals surface area contributed by atoms with E-state index >= 15 is 0 Å². The average Bonchev–Trinajstić information content (AvgIpc) is 2.98. The molecule has 1 aliphatic heterocycles. The normalized spacial score (nSPS) is 16.0. The molecule has 1 saturated heterocycles. The number of thioether (sulfide) groups is 1. The minimum Gasteiger partial charge on any atom is -0.504 e. The molecule has 0 aliphatic carbocycles. The molecule has 1 heterocycles. The number of methoxy groups -OCH3 is 1. The molecule has 0 spiro atoms. The summed E-state index contributed by atoms with van der Waals surface area (Å²) in [4.78, 5) is 12.0. The number of hydrogen-bond donors (Lipinski definition) is 2. The first-order valence-corrected chi connectivity index (χ1v) is 9.48. The first-order valence-electron chi connectivity index (χ1n) is 8.25. The molecule has 12 heteroatoms. The minimum absolute atomic E-state index is 0.00986. The zero-order valence-electron chi connectivity index (χ0n) is 15.3. The third kappa shape index (κ3) is 4.96. The third-order valence-electron chi connectivity index (χ3n) is 4.16. The fourth-order valence-corrected chi connectivity index (χ4v) is 3.82. The number of carbonyl (C=O) groups is 1. The van der Waals surface area contributed by atoms with Crippen LogP contribution in [0.4, 0.5) is 26.3 Å². The lowest BCUT2D eigenvalue weighted by molar-refractivity contribution is -0.143. The smallest absolute Gasteiger partial charge is 0.416 e. The molecule has 164 valence electrons. The summed E-state index contributed by atoms with van der Waals surface area (Å²) in [6.45, 7) is 0. The number of phenolic OH excluding ortho intramolecular Hbond substituents is 1. The maximum absolute atomic E-state index is 13.2. The van der Waals surface area contributed by atoms with Gasteiger partial charge in [0.15, 0.2) is 11.5 Å². The topological polar surface area (TPSA) is 58.6 Å². The Balaban J connectivity index is 2.24. The van der Waals surface area contributed by atoms with Crippen molar-refractivity contribution < 1.29 is 41.0 Å². The van der Waals surface area contributed by atoms with Crippen LogP contribution in [0.3, 0.4) is 0 Å². The Labute approximate surface area is 180 Å². The SMILES string of the molecule is COc1cc(C=C2SC(=S)NC2=O)cc(-c2cc(C(F)(F)F)cc(C(F)(F)F)c2)c1O. The predicted molar refractivity (Wildman–Crippen MR) is 106 cm³/mol. The van der Waals surface area contributed by atoms with Crippen LogP contribution in [0.1, 0.15) is 16.7 Å². The lowest BCUT2D eigenvalue weighted by Crippen LogP contribution is -2.17. The number of halogens is 6. The summed E-state index contributed by atoms with van der Waals surface area (Å²) in [6, 6.07) is 3.40. The van der Waals surface area contributed by atoms with Crippen molar-refractivity contribution >= 4 is 40.3 Å². The van der Waals surface area contributed by atoms with Crippen molar-refractivity contribution in [2.45, 2.75) is 12.4 Å². The number of phenols is 1. The van der Waals surface area contributed by atoms with Crippen LogP contribution in [0.5, 0.6) is 11.5 Å². The quantitative estimate of drug-likeness (QED) is 0.341. The molecule has 4 nitrogen and oxygen atoms in total. The van der Waals surface area contributed by atoms with E-state index in [1.807, 2.05) is 0 Å². The lowest BCUT2D eigenvalue weighted by atomic mass is 9.96. The standard InChI is InChI=1S/C19H11F6NO3S2/c1-29-13-3-8(4-14-16(28)26-17(30)31-14)2-12(15(13)27)9-5-10(18(20,21)22)7-11(6-9)19(23,24)25/h2-7,27H,1H3,(H,26,28,30). The molecule has 2 aromatic rings. The lowest BCUT2D eigenvalue weighted by Gasteiger charge is -2.16. The van der Waals surface area contributed by atoms with Gasteiger partial charge in [-0.2, -0.15) is 26.3 Å². The highest BCUT2D eigenvalue weighted by Gasteiger charge is 2.37. The number of rotatable bonds is 3. The number of nitrogens with one attached hydrogen (secondary N) is 1. The Morgan fingerprint density at radius 1 is 1.03 bits per heavy atom. The number of thiocarbonyl (C=S) groups is 1. The molecule has 31 heavy (non-hydrogen) atoms. The maximum atomic E-state index is 13.2. The number of ether oxygens (including phenoxy) is 1. The third-order valence-corrected chi connectivity index (χ3v) is 5.32. The van der Waals surface area contributed by atoms with E-state index in [1.54, 1.807) is 0 Å². The molecule has 1 amide bonds. The molecular formula is C19H11F6NO3S2. The van der Waals surface area contributed by atoms with Crippen molar-refractivity contribution in [2.24, 2.45) is 0 Å². The molecule has 2 N–H and O–H groups in total. The molecule has 0 aromatic heterocycles. The second-order valence-corrected chi connectivity index (χ2v) is 7.98. The fourth-order valence-electron chi connectivity index (χ4n) is 2.77. The molecule has 1 fully saturated rings. The van der Waals surface area contributed by atoms with Crippen LogP contribution >= 0.6 is 24.0 Å². The summed E-state index contributed by atoms with van der Waals surface area (Å²) in [5.41, 5.74) is -3.74. The van der Waals surface area contributed by atoms with Crippen molar-refractivity contribution in [2.75, 3.05) is 7.11 Å². The largest absolute Gasteiger partial charge is 0.504 e. The molecule has 0 unspecified atom stereocenters. The minimum atomic E-state index is -5.05. The van der Waals surface area contributed by atoms with E-state index in [4.69, 9.17) is 17.0 Å². The Morgan fingerprint density at radius 2 is 1.61 bits per heavy atom. The number of alkyl halides is 6. The average molecular weight is 479 g/mol. The van der Waals surface area contributed by atoms with Gasteiger partial charge in [-0.25, -0.2) is 0 Å². The highest BCUT2D eigenvalue weighted by atomic mass is 32.2. The highest BCUT2D eigenvalue weighted by molar-refractivity contribution is 8.26. The van der Waals surface area contributed by atoms with Gasteiger partial charge in [0, 0.05) is 5.56 Å². The van der Waals surface area contributed by atoms with Crippen molar-refractivity contribution in [3.63, 3.8) is 0 Å². The van der Waals surface area contributed by atoms with Crippen molar-refractivity contribution in [3.05, 3.63) is 51.9 Å². The second-order valence-electron chi connectivity index (χ2n) is 6.27. The van der Waals surface area contributed by atoms with Gasteiger partial charge in [0.1, 0.15) is 4.32 Å². The van der Waals surface area contributed by atoms with E-state index in [0.717, 1.165) is 24.9 Å². The molecule has 0 saturated carbocycles. The summed E-state index contributed by atoms with van der Waals surface area (Å²) >= 11 is 5.80. The molecule has 0 bridgehead atoms. The van der Waals surface area contributed by atoms with Crippen LogP contribution in [0.2, 0.25) is 0 Å². The monoisotopic (exact) mass is 479 g/mol. The zero-order chi connectivity index (χ0) is 23.1. The summed E-state index contributed by atoms with van der Waals surface area (Å²) in [7, 11) is 1.16. The van der Waals surface area contributed by atoms with Crippen molar-refractivity contribution in [1.29, 1.82) is 0 Å². The van der Waals surface area contributed by atoms with Gasteiger partial charge in [-0.15, -0.1) is 0 Å². The second kappa shape index (κ2) is 8.08.